The van der Waals surface area contributed by atoms with E-state index < -0.39 is 11.5 Å². The van der Waals surface area contributed by atoms with Crippen molar-refractivity contribution in [1.82, 2.24) is 10.2 Å². The molecule has 0 aromatic heterocycles. The van der Waals surface area contributed by atoms with Gasteiger partial charge in [0.1, 0.15) is 5.54 Å². The summed E-state index contributed by atoms with van der Waals surface area (Å²) in [5, 5.41) is 11.8. The van der Waals surface area contributed by atoms with E-state index in [0.717, 1.165) is 19.3 Å². The first-order chi connectivity index (χ1) is 8.03. The van der Waals surface area contributed by atoms with E-state index in [1.807, 2.05) is 0 Å². The molecule has 2 rings (SSSR count). The highest BCUT2D eigenvalue weighted by atomic mass is 16.4. The molecule has 1 heterocycles. The number of nitrogens with one attached hydrogen (secondary N) is 1. The summed E-state index contributed by atoms with van der Waals surface area (Å²) in [5.74, 6) is -0.925. The first kappa shape index (κ1) is 12.2. The molecule has 2 fully saturated rings. The molecule has 0 unspecified atom stereocenters. The number of amides is 2. The zero-order chi connectivity index (χ0) is 12.5. The summed E-state index contributed by atoms with van der Waals surface area (Å²) in [6.07, 6.45) is 3.49. The third kappa shape index (κ3) is 2.36. The number of carbonyl (C=O) groups excluding carboxylic acids is 1. The standard InChI is InChI=1S/C11H19N3O3/c12-8-2-6-14(7-3-8)10(17)13-11(9(15)16)4-1-5-11/h8H,1-7,12H2,(H,13,17)(H,15,16). The lowest BCUT2D eigenvalue weighted by molar-refractivity contribution is -0.148. The average molecular weight is 241 g/mol. The number of carbonyl (C=O) groups is 2. The number of likely N-dealkylation sites (tertiary alicyclic amines) is 1. The molecule has 2 amide bonds. The Kier molecular flexibility index (Phi) is 3.24. The van der Waals surface area contributed by atoms with E-state index in [9.17, 15) is 9.59 Å². The Bertz CT molecular complexity index is 320. The number of hydrogen-bond acceptors (Lipinski definition) is 3. The van der Waals surface area contributed by atoms with Gasteiger partial charge in [-0.05, 0) is 32.1 Å². The molecule has 0 atom stereocenters. The van der Waals surface area contributed by atoms with Crippen LogP contribution in [-0.4, -0.2) is 46.7 Å². The summed E-state index contributed by atoms with van der Waals surface area (Å²) < 4.78 is 0. The van der Waals surface area contributed by atoms with E-state index in [4.69, 9.17) is 10.8 Å². The zero-order valence-electron chi connectivity index (χ0n) is 9.82. The van der Waals surface area contributed by atoms with Crippen molar-refractivity contribution in [3.05, 3.63) is 0 Å². The molecule has 96 valence electrons. The van der Waals surface area contributed by atoms with E-state index >= 15 is 0 Å². The minimum Gasteiger partial charge on any atom is -0.480 e. The van der Waals surface area contributed by atoms with Gasteiger partial charge in [0.2, 0.25) is 0 Å². The number of nitrogens with zero attached hydrogens (tertiary/aromatic N) is 1. The van der Waals surface area contributed by atoms with Crippen molar-refractivity contribution in [2.45, 2.75) is 43.7 Å². The predicted octanol–water partition coefficient (Wildman–Crippen LogP) is 0.126. The van der Waals surface area contributed by atoms with Crippen LogP contribution in [0, 0.1) is 0 Å². The van der Waals surface area contributed by atoms with Crippen LogP contribution in [0.1, 0.15) is 32.1 Å². The monoisotopic (exact) mass is 241 g/mol. The molecule has 6 nitrogen and oxygen atoms in total. The van der Waals surface area contributed by atoms with Gasteiger partial charge in [-0.3, -0.25) is 0 Å². The van der Waals surface area contributed by atoms with Gasteiger partial charge in [0.05, 0.1) is 0 Å². The number of nitrogens with two attached hydrogens (primary N) is 1. The largest absolute Gasteiger partial charge is 0.480 e. The van der Waals surface area contributed by atoms with Crippen LogP contribution in [0.2, 0.25) is 0 Å². The van der Waals surface area contributed by atoms with E-state index in [1.165, 1.54) is 0 Å². The molecular weight excluding hydrogens is 222 g/mol. The van der Waals surface area contributed by atoms with Crippen LogP contribution in [0.25, 0.3) is 0 Å². The fourth-order valence-corrected chi connectivity index (χ4v) is 2.31. The van der Waals surface area contributed by atoms with E-state index in [1.54, 1.807) is 4.90 Å². The second kappa shape index (κ2) is 4.52. The normalized spacial score (nSPS) is 23.9. The number of piperidine rings is 1. The molecule has 1 saturated heterocycles. The Labute approximate surface area is 100 Å². The Morgan fingerprint density at radius 2 is 1.88 bits per heavy atom. The second-order valence-corrected chi connectivity index (χ2v) is 5.00. The third-order valence-corrected chi connectivity index (χ3v) is 3.79. The lowest BCUT2D eigenvalue weighted by Gasteiger charge is -2.40. The highest BCUT2D eigenvalue weighted by Gasteiger charge is 2.46. The van der Waals surface area contributed by atoms with Gasteiger partial charge in [0, 0.05) is 19.1 Å². The maximum Gasteiger partial charge on any atom is 0.329 e. The quantitative estimate of drug-likeness (QED) is 0.640. The van der Waals surface area contributed by atoms with Crippen LogP contribution in [0.4, 0.5) is 4.79 Å². The van der Waals surface area contributed by atoms with Gasteiger partial charge in [-0.1, -0.05) is 0 Å². The lowest BCUT2D eigenvalue weighted by atomic mass is 9.77. The summed E-state index contributed by atoms with van der Waals surface area (Å²) in [4.78, 5) is 24.7. The molecule has 0 aromatic carbocycles. The molecule has 0 spiro atoms. The van der Waals surface area contributed by atoms with Crippen molar-refractivity contribution < 1.29 is 14.7 Å². The van der Waals surface area contributed by atoms with Gasteiger partial charge in [-0.2, -0.15) is 0 Å². The summed E-state index contributed by atoms with van der Waals surface area (Å²) in [7, 11) is 0. The maximum absolute atomic E-state index is 11.9. The summed E-state index contributed by atoms with van der Waals surface area (Å²) in [6, 6.07) is -0.102. The van der Waals surface area contributed by atoms with Gasteiger partial charge in [0.15, 0.2) is 0 Å². The molecule has 2 aliphatic rings. The van der Waals surface area contributed by atoms with Gasteiger partial charge in [-0.15, -0.1) is 0 Å². The molecule has 6 heteroatoms. The molecule has 0 bridgehead atoms. The zero-order valence-corrected chi connectivity index (χ0v) is 9.82. The fraction of sp³-hybridized carbons (Fsp3) is 0.818. The minimum atomic E-state index is -1.02. The number of rotatable bonds is 2. The topological polar surface area (TPSA) is 95.7 Å². The smallest absolute Gasteiger partial charge is 0.329 e. The SMILES string of the molecule is NC1CCN(C(=O)NC2(C(=O)O)CCC2)CC1. The van der Waals surface area contributed by atoms with Gasteiger partial charge in [0.25, 0.3) is 0 Å². The predicted molar refractivity (Wildman–Crippen MR) is 61.5 cm³/mol. The first-order valence-corrected chi connectivity index (χ1v) is 6.09. The van der Waals surface area contributed by atoms with Crippen molar-refractivity contribution in [2.24, 2.45) is 5.73 Å². The van der Waals surface area contributed by atoms with Gasteiger partial charge < -0.3 is 21.1 Å². The summed E-state index contributed by atoms with van der Waals surface area (Å²) in [6.45, 7) is 1.23. The van der Waals surface area contributed by atoms with E-state index in [0.29, 0.717) is 25.9 Å². The summed E-state index contributed by atoms with van der Waals surface area (Å²) >= 11 is 0. The van der Waals surface area contributed by atoms with Crippen LogP contribution in [0.3, 0.4) is 0 Å². The number of hydrogen-bond donors (Lipinski definition) is 3. The first-order valence-electron chi connectivity index (χ1n) is 6.09. The Hall–Kier alpha value is -1.30. The molecule has 1 aliphatic heterocycles. The van der Waals surface area contributed by atoms with Gasteiger partial charge >= 0.3 is 12.0 Å². The minimum absolute atomic E-state index is 0.163. The number of aliphatic carboxylic acids is 1. The highest BCUT2D eigenvalue weighted by Crippen LogP contribution is 2.32. The number of carboxylic acid groups (broad SMARTS) is 1. The molecule has 1 saturated carbocycles. The average Bonchev–Trinajstić information content (AvgIpc) is 2.23. The van der Waals surface area contributed by atoms with Crippen LogP contribution in [0.5, 0.6) is 0 Å². The van der Waals surface area contributed by atoms with Gasteiger partial charge in [-0.25, -0.2) is 9.59 Å². The maximum atomic E-state index is 11.9. The second-order valence-electron chi connectivity index (χ2n) is 5.00. The fourth-order valence-electron chi connectivity index (χ4n) is 2.31. The molecule has 17 heavy (non-hydrogen) atoms. The third-order valence-electron chi connectivity index (χ3n) is 3.79. The highest BCUT2D eigenvalue weighted by molar-refractivity contribution is 5.87. The van der Waals surface area contributed by atoms with Crippen LogP contribution >= 0.6 is 0 Å². The van der Waals surface area contributed by atoms with E-state index in [2.05, 4.69) is 5.32 Å². The molecule has 1 aliphatic carbocycles. The Morgan fingerprint density at radius 1 is 1.29 bits per heavy atom. The van der Waals surface area contributed by atoms with Crippen molar-refractivity contribution >= 4 is 12.0 Å². The summed E-state index contributed by atoms with van der Waals surface area (Å²) in [5.41, 5.74) is 4.74. The van der Waals surface area contributed by atoms with E-state index in [-0.39, 0.29) is 12.1 Å². The van der Waals surface area contributed by atoms with Crippen molar-refractivity contribution in [1.29, 1.82) is 0 Å². The number of urea groups is 1. The molecule has 4 N–H and O–H groups in total. The lowest BCUT2D eigenvalue weighted by Crippen LogP contribution is -2.62. The molecular formula is C11H19N3O3. The number of carboxylic acids is 1. The molecule has 0 aromatic rings. The Balaban J connectivity index is 1.90. The van der Waals surface area contributed by atoms with Crippen molar-refractivity contribution in [2.75, 3.05) is 13.1 Å². The van der Waals surface area contributed by atoms with Crippen molar-refractivity contribution in [3.63, 3.8) is 0 Å². The van der Waals surface area contributed by atoms with Crippen molar-refractivity contribution in [3.8, 4) is 0 Å². The Morgan fingerprint density at radius 3 is 2.29 bits per heavy atom. The molecule has 0 radical (unpaired) electrons. The van der Waals surface area contributed by atoms with Crippen LogP contribution < -0.4 is 11.1 Å². The van der Waals surface area contributed by atoms with Crippen LogP contribution in [0.15, 0.2) is 0 Å². The van der Waals surface area contributed by atoms with Crippen LogP contribution in [-0.2, 0) is 4.79 Å².